The fraction of sp³-hybridized carbons (Fsp3) is 0.389. The van der Waals surface area contributed by atoms with Gasteiger partial charge in [0.15, 0.2) is 5.17 Å². The van der Waals surface area contributed by atoms with Crippen LogP contribution in [0.15, 0.2) is 38.6 Å². The molecule has 1 unspecified atom stereocenters. The van der Waals surface area contributed by atoms with E-state index in [0.717, 1.165) is 11.8 Å². The van der Waals surface area contributed by atoms with Crippen molar-refractivity contribution >= 4 is 44.9 Å². The first-order chi connectivity index (χ1) is 13.1. The molecule has 0 radical (unpaired) electrons. The largest absolute Gasteiger partial charge is 0.465 e. The van der Waals surface area contributed by atoms with Crippen LogP contribution in [0, 0.1) is 5.82 Å². The number of hydrogen-bond donors (Lipinski definition) is 1. The molecule has 0 aromatic heterocycles. The molecule has 1 atom stereocenters. The Morgan fingerprint density at radius 1 is 1.29 bits per heavy atom. The van der Waals surface area contributed by atoms with Crippen molar-refractivity contribution in [2.75, 3.05) is 14.3 Å². The fourth-order valence-corrected chi connectivity index (χ4v) is 3.28. The Kier molecular flexibility index (Phi) is 9.09. The summed E-state index contributed by atoms with van der Waals surface area (Å²) in [5.41, 5.74) is -0.439. The second-order valence-electron chi connectivity index (χ2n) is 6.30. The van der Waals surface area contributed by atoms with Crippen LogP contribution in [0.5, 0.6) is 0 Å². The third-order valence-corrected chi connectivity index (χ3v) is 4.46. The molecule has 1 aliphatic heterocycles. The topological polar surface area (TPSA) is 77.0 Å². The van der Waals surface area contributed by atoms with Gasteiger partial charge >= 0.3 is 12.1 Å². The summed E-state index contributed by atoms with van der Waals surface area (Å²) in [6.45, 7) is 5.17. The second-order valence-corrected chi connectivity index (χ2v) is 8.24. The zero-order chi connectivity index (χ0) is 21.5. The van der Waals surface area contributed by atoms with Gasteiger partial charge in [-0.25, -0.2) is 19.0 Å². The lowest BCUT2D eigenvalue weighted by molar-refractivity contribution is -0.135. The molecule has 0 saturated carbocycles. The highest BCUT2D eigenvalue weighted by Gasteiger charge is 2.27. The second kappa shape index (κ2) is 10.6. The maximum atomic E-state index is 14.2. The number of nitrogens with one attached hydrogen (secondary N) is 1. The monoisotopic (exact) mass is 478 g/mol. The Hall–Kier alpha value is -1.94. The van der Waals surface area contributed by atoms with E-state index in [1.165, 1.54) is 19.3 Å². The quantitative estimate of drug-likeness (QED) is 0.611. The van der Waals surface area contributed by atoms with Gasteiger partial charge in [-0.1, -0.05) is 15.9 Å². The van der Waals surface area contributed by atoms with E-state index in [-0.39, 0.29) is 15.6 Å². The summed E-state index contributed by atoms with van der Waals surface area (Å²) in [6.07, 6.45) is 0.769. The van der Waals surface area contributed by atoms with Crippen molar-refractivity contribution in [2.45, 2.75) is 32.4 Å². The van der Waals surface area contributed by atoms with E-state index in [4.69, 9.17) is 9.47 Å². The number of nitrogens with zero attached hydrogens (tertiary/aromatic N) is 1. The Morgan fingerprint density at radius 2 is 1.93 bits per heavy atom. The van der Waals surface area contributed by atoms with Gasteiger partial charge in [0.2, 0.25) is 0 Å². The molecule has 1 aromatic carbocycles. The van der Waals surface area contributed by atoms with Crippen LogP contribution in [0.3, 0.4) is 0 Å². The van der Waals surface area contributed by atoms with Gasteiger partial charge in [-0.2, -0.15) is 0 Å². The number of aliphatic imine (C=N–C) groups is 1. The standard InChI is InChI=1S/C17H18BrFN2O4S.CH3F/c1-17(2,3)25-16(23)21-15-20-12(8-13(26-15)14(22)24-4)10-7-9(18)5-6-11(10)19;1-2/h5-8,12H,1-4H3,(H,20,21,23);1H3. The van der Waals surface area contributed by atoms with E-state index in [0.29, 0.717) is 11.7 Å². The van der Waals surface area contributed by atoms with Crippen molar-refractivity contribution in [1.29, 1.82) is 0 Å². The lowest BCUT2D eigenvalue weighted by atomic mass is 10.1. The Balaban J connectivity index is 0.00000190. The molecule has 0 bridgehead atoms. The predicted octanol–water partition coefficient (Wildman–Crippen LogP) is 4.90. The highest BCUT2D eigenvalue weighted by Crippen LogP contribution is 2.34. The number of thioether (sulfide) groups is 1. The summed E-state index contributed by atoms with van der Waals surface area (Å²) in [5, 5.41) is 2.60. The Labute approximate surface area is 174 Å². The van der Waals surface area contributed by atoms with Gasteiger partial charge in [0, 0.05) is 10.0 Å². The number of alkyl carbamates (subject to hydrolysis) is 1. The first-order valence-corrected chi connectivity index (χ1v) is 9.58. The van der Waals surface area contributed by atoms with Gasteiger partial charge in [0.25, 0.3) is 0 Å². The highest BCUT2D eigenvalue weighted by atomic mass is 79.9. The zero-order valence-corrected chi connectivity index (χ0v) is 18.4. The number of carbonyl (C=O) groups excluding carboxylic acids is 2. The Bertz CT molecular complexity index is 794. The molecule has 1 aromatic rings. The third kappa shape index (κ3) is 7.23. The molecule has 154 valence electrons. The van der Waals surface area contributed by atoms with Crippen LogP contribution in [0.1, 0.15) is 32.4 Å². The summed E-state index contributed by atoms with van der Waals surface area (Å²) in [5.74, 6) is -1.08. The van der Waals surface area contributed by atoms with E-state index in [9.17, 15) is 18.4 Å². The maximum Gasteiger partial charge on any atom is 0.413 e. The molecule has 0 spiro atoms. The molecule has 28 heavy (non-hydrogen) atoms. The molecule has 0 aliphatic carbocycles. The van der Waals surface area contributed by atoms with E-state index in [2.05, 4.69) is 26.2 Å². The van der Waals surface area contributed by atoms with Crippen LogP contribution in [0.2, 0.25) is 0 Å². The van der Waals surface area contributed by atoms with Crippen molar-refractivity contribution in [1.82, 2.24) is 5.32 Å². The number of benzene rings is 1. The van der Waals surface area contributed by atoms with Gasteiger partial charge in [0.1, 0.15) is 17.5 Å². The van der Waals surface area contributed by atoms with Crippen molar-refractivity contribution in [3.63, 3.8) is 0 Å². The number of amides is 1. The average Bonchev–Trinajstić information content (AvgIpc) is 2.62. The number of methoxy groups -OCH3 is 1. The number of carbonyl (C=O) groups is 2. The van der Waals surface area contributed by atoms with Gasteiger partial charge in [-0.15, -0.1) is 0 Å². The van der Waals surface area contributed by atoms with E-state index in [1.807, 2.05) is 0 Å². The van der Waals surface area contributed by atoms with E-state index in [1.54, 1.807) is 32.9 Å². The number of esters is 1. The number of alkyl halides is 1. The molecule has 0 fully saturated rings. The molecule has 1 heterocycles. The van der Waals surface area contributed by atoms with E-state index < -0.39 is 29.5 Å². The summed E-state index contributed by atoms with van der Waals surface area (Å²) in [7, 11) is 1.74. The number of amidine groups is 1. The number of rotatable bonds is 2. The maximum absolute atomic E-state index is 14.2. The van der Waals surface area contributed by atoms with Crippen molar-refractivity contribution in [3.8, 4) is 0 Å². The van der Waals surface area contributed by atoms with Crippen molar-refractivity contribution < 1.29 is 27.8 Å². The lowest BCUT2D eigenvalue weighted by Crippen LogP contribution is -2.36. The van der Waals surface area contributed by atoms with Gasteiger partial charge in [-0.05, 0) is 56.8 Å². The minimum Gasteiger partial charge on any atom is -0.465 e. The highest BCUT2D eigenvalue weighted by molar-refractivity contribution is 9.10. The van der Waals surface area contributed by atoms with Crippen LogP contribution in [-0.2, 0) is 14.3 Å². The molecule has 1 N–H and O–H groups in total. The van der Waals surface area contributed by atoms with Crippen molar-refractivity contribution in [3.05, 3.63) is 45.0 Å². The molecule has 10 heteroatoms. The molecular weight excluding hydrogens is 458 g/mol. The number of halogens is 3. The minimum absolute atomic E-state index is 0.117. The molecule has 1 aliphatic rings. The lowest BCUT2D eigenvalue weighted by Gasteiger charge is -2.22. The van der Waals surface area contributed by atoms with Gasteiger partial charge < -0.3 is 9.47 Å². The first kappa shape index (κ1) is 24.1. The SMILES string of the molecule is CF.COC(=O)C1=CC(c2cc(Br)ccc2F)N=C(NC(=O)OC(C)(C)C)S1. The smallest absolute Gasteiger partial charge is 0.413 e. The molecule has 1 amide bonds. The summed E-state index contributed by atoms with van der Waals surface area (Å²) in [6, 6.07) is 3.62. The molecule has 6 nitrogen and oxygen atoms in total. The van der Waals surface area contributed by atoms with Crippen molar-refractivity contribution in [2.24, 2.45) is 4.99 Å². The first-order valence-electron chi connectivity index (χ1n) is 7.97. The zero-order valence-electron chi connectivity index (χ0n) is 16.0. The molecule has 2 rings (SSSR count). The third-order valence-electron chi connectivity index (χ3n) is 3.04. The van der Waals surface area contributed by atoms with Gasteiger partial charge in [-0.3, -0.25) is 9.71 Å². The predicted molar refractivity (Wildman–Crippen MR) is 108 cm³/mol. The van der Waals surface area contributed by atoms with Crippen LogP contribution in [0.25, 0.3) is 0 Å². The van der Waals surface area contributed by atoms with Crippen LogP contribution in [-0.4, -0.2) is 37.1 Å². The summed E-state index contributed by atoms with van der Waals surface area (Å²) in [4.78, 5) is 28.4. The van der Waals surface area contributed by atoms with E-state index >= 15 is 0 Å². The van der Waals surface area contributed by atoms with Crippen LogP contribution >= 0.6 is 27.7 Å². The molecular formula is C18H21BrF2N2O4S. The number of ether oxygens (including phenoxy) is 2. The average molecular weight is 479 g/mol. The van der Waals surface area contributed by atoms with Crippen LogP contribution < -0.4 is 5.32 Å². The fourth-order valence-electron chi connectivity index (χ4n) is 2.03. The number of hydrogen-bond acceptors (Lipinski definition) is 6. The Morgan fingerprint density at radius 3 is 2.50 bits per heavy atom. The minimum atomic E-state index is -0.798. The van der Waals surface area contributed by atoms with Gasteiger partial charge in [0.05, 0.1) is 19.2 Å². The summed E-state index contributed by atoms with van der Waals surface area (Å²) >= 11 is 4.20. The summed E-state index contributed by atoms with van der Waals surface area (Å²) < 4.78 is 34.3. The van der Waals surface area contributed by atoms with Crippen LogP contribution in [0.4, 0.5) is 13.6 Å². The normalized spacial score (nSPS) is 16.1. The molecule has 0 saturated heterocycles.